The van der Waals surface area contributed by atoms with Gasteiger partial charge in [0.25, 0.3) is 5.24 Å². The Labute approximate surface area is 179 Å². The van der Waals surface area contributed by atoms with Crippen LogP contribution in [-0.2, 0) is 9.59 Å². The molecule has 4 rings (SSSR count). The normalized spacial score (nSPS) is 20.6. The van der Waals surface area contributed by atoms with Crippen molar-refractivity contribution in [3.05, 3.63) is 30.1 Å². The fourth-order valence-electron chi connectivity index (χ4n) is 4.00. The summed E-state index contributed by atoms with van der Waals surface area (Å²) in [5.41, 5.74) is 1.85. The third-order valence-corrected chi connectivity index (χ3v) is 6.39. The molecule has 2 aliphatic rings. The molecule has 2 aliphatic heterocycles. The number of carbonyl (C=O) groups is 3. The van der Waals surface area contributed by atoms with Crippen LogP contribution >= 0.6 is 11.8 Å². The molecule has 160 valence electrons. The lowest BCUT2D eigenvalue weighted by Gasteiger charge is -2.32. The summed E-state index contributed by atoms with van der Waals surface area (Å²) < 4.78 is 2.09. The van der Waals surface area contributed by atoms with Crippen molar-refractivity contribution in [3.63, 3.8) is 0 Å². The lowest BCUT2D eigenvalue weighted by atomic mass is 9.92. The van der Waals surface area contributed by atoms with Crippen LogP contribution in [0.4, 0.5) is 10.6 Å². The highest BCUT2D eigenvalue weighted by atomic mass is 32.2. The molecule has 0 saturated carbocycles. The van der Waals surface area contributed by atoms with Gasteiger partial charge in [-0.15, -0.1) is 0 Å². The first-order chi connectivity index (χ1) is 14.2. The van der Waals surface area contributed by atoms with Crippen molar-refractivity contribution < 1.29 is 14.4 Å². The van der Waals surface area contributed by atoms with Crippen LogP contribution < -0.4 is 10.6 Å². The van der Waals surface area contributed by atoms with Gasteiger partial charge in [0, 0.05) is 37.2 Å². The smallest absolute Gasteiger partial charge is 0.286 e. The van der Waals surface area contributed by atoms with Gasteiger partial charge in [0.2, 0.25) is 11.8 Å². The number of aromatic nitrogens is 2. The first-order valence-corrected chi connectivity index (χ1v) is 11.1. The summed E-state index contributed by atoms with van der Waals surface area (Å²) in [6.45, 7) is 7.63. The molecule has 0 bridgehead atoms. The van der Waals surface area contributed by atoms with Crippen LogP contribution in [0.5, 0.6) is 0 Å². The molecule has 4 heterocycles. The van der Waals surface area contributed by atoms with E-state index in [4.69, 9.17) is 4.98 Å². The molecule has 3 amide bonds. The Balaban J connectivity index is 1.46. The van der Waals surface area contributed by atoms with Crippen LogP contribution in [0.3, 0.4) is 0 Å². The van der Waals surface area contributed by atoms with Gasteiger partial charge < -0.3 is 10.2 Å². The van der Waals surface area contributed by atoms with Crippen LogP contribution in [-0.4, -0.2) is 55.2 Å². The molecule has 2 N–H and O–H groups in total. The van der Waals surface area contributed by atoms with Crippen molar-refractivity contribution in [2.75, 3.05) is 18.4 Å². The lowest BCUT2D eigenvalue weighted by molar-refractivity contribution is -0.133. The van der Waals surface area contributed by atoms with E-state index >= 15 is 0 Å². The topological polar surface area (TPSA) is 95.8 Å². The van der Waals surface area contributed by atoms with Crippen molar-refractivity contribution in [3.8, 4) is 0 Å². The number of imide groups is 1. The number of hydrogen-bond acceptors (Lipinski definition) is 6. The molecule has 9 heteroatoms. The molecule has 0 aliphatic carbocycles. The van der Waals surface area contributed by atoms with Gasteiger partial charge in [-0.05, 0) is 45.7 Å². The number of anilines is 1. The number of fused-ring (bicyclic) bond motifs is 1. The molecule has 8 nitrogen and oxygen atoms in total. The van der Waals surface area contributed by atoms with Gasteiger partial charge in [0.05, 0.1) is 5.69 Å². The molecule has 1 atom stereocenters. The molecule has 2 saturated heterocycles. The number of pyridine rings is 1. The largest absolute Gasteiger partial charge is 0.365 e. The molecule has 0 aromatic carbocycles. The third kappa shape index (κ3) is 4.30. The number of nitrogens with zero attached hydrogens (tertiary/aromatic N) is 3. The van der Waals surface area contributed by atoms with Crippen molar-refractivity contribution in [1.29, 1.82) is 0 Å². The van der Waals surface area contributed by atoms with Gasteiger partial charge in [-0.25, -0.2) is 4.98 Å². The SMILES string of the molecule is CC(C)(C)Nc1c(C2CCN(C(=O)CC3SC(=O)NC3=O)CC2)nc2ccccn12. The first kappa shape index (κ1) is 20.7. The summed E-state index contributed by atoms with van der Waals surface area (Å²) in [6.07, 6.45) is 3.72. The van der Waals surface area contributed by atoms with E-state index in [1.807, 2.05) is 24.4 Å². The maximum atomic E-state index is 12.6. The second kappa shape index (κ2) is 7.94. The summed E-state index contributed by atoms with van der Waals surface area (Å²) >= 11 is 0.905. The van der Waals surface area contributed by atoms with E-state index in [0.29, 0.717) is 13.1 Å². The number of carbonyl (C=O) groups excluding carboxylic acids is 3. The van der Waals surface area contributed by atoms with Crippen molar-refractivity contribution in [2.45, 2.75) is 56.7 Å². The maximum absolute atomic E-state index is 12.6. The van der Waals surface area contributed by atoms with E-state index in [-0.39, 0.29) is 34.9 Å². The summed E-state index contributed by atoms with van der Waals surface area (Å²) in [6, 6.07) is 5.98. The highest BCUT2D eigenvalue weighted by Gasteiger charge is 2.36. The number of amides is 3. The number of piperidine rings is 1. The van der Waals surface area contributed by atoms with E-state index in [0.717, 1.165) is 41.8 Å². The Morgan fingerprint density at radius 2 is 2.00 bits per heavy atom. The van der Waals surface area contributed by atoms with Gasteiger partial charge >= 0.3 is 0 Å². The van der Waals surface area contributed by atoms with Crippen LogP contribution in [0.15, 0.2) is 24.4 Å². The van der Waals surface area contributed by atoms with Gasteiger partial charge in [0.1, 0.15) is 16.7 Å². The number of hydrogen-bond donors (Lipinski definition) is 2. The highest BCUT2D eigenvalue weighted by molar-refractivity contribution is 8.15. The zero-order valence-corrected chi connectivity index (χ0v) is 18.3. The monoisotopic (exact) mass is 429 g/mol. The Bertz CT molecular complexity index is 988. The van der Waals surface area contributed by atoms with E-state index in [9.17, 15) is 14.4 Å². The van der Waals surface area contributed by atoms with Gasteiger partial charge in [-0.2, -0.15) is 0 Å². The Hall–Kier alpha value is -2.55. The Kier molecular flexibility index (Phi) is 5.48. The van der Waals surface area contributed by atoms with Crippen LogP contribution in [0.2, 0.25) is 0 Å². The zero-order chi connectivity index (χ0) is 21.5. The summed E-state index contributed by atoms with van der Waals surface area (Å²) in [4.78, 5) is 42.4. The molecule has 2 fully saturated rings. The Morgan fingerprint density at radius 3 is 2.63 bits per heavy atom. The van der Waals surface area contributed by atoms with Gasteiger partial charge in [-0.1, -0.05) is 17.8 Å². The molecule has 0 spiro atoms. The minimum absolute atomic E-state index is 0.0676. The molecular weight excluding hydrogens is 402 g/mol. The average Bonchev–Trinajstić information content (AvgIpc) is 3.20. The maximum Gasteiger partial charge on any atom is 0.286 e. The van der Waals surface area contributed by atoms with Crippen LogP contribution in [0.25, 0.3) is 5.65 Å². The predicted octanol–water partition coefficient (Wildman–Crippen LogP) is 2.99. The molecule has 1 unspecified atom stereocenters. The molecule has 2 aromatic rings. The Morgan fingerprint density at radius 1 is 1.27 bits per heavy atom. The standard InChI is InChI=1S/C21H27N5O3S/c1-21(2,3)24-18-17(22-15-6-4-5-9-26(15)18)13-7-10-25(11-8-13)16(27)12-14-19(28)23-20(29)30-14/h4-6,9,13-14,24H,7-8,10-12H2,1-3H3,(H,23,28,29). The van der Waals surface area contributed by atoms with Crippen molar-refractivity contribution >= 4 is 40.3 Å². The third-order valence-electron chi connectivity index (χ3n) is 5.41. The minimum Gasteiger partial charge on any atom is -0.365 e. The lowest BCUT2D eigenvalue weighted by Crippen LogP contribution is -2.40. The van der Waals surface area contributed by atoms with E-state index in [1.165, 1.54) is 0 Å². The molecule has 0 radical (unpaired) electrons. The second-order valence-corrected chi connectivity index (χ2v) is 10.1. The number of thioether (sulfide) groups is 1. The molecule has 30 heavy (non-hydrogen) atoms. The summed E-state index contributed by atoms with van der Waals surface area (Å²) in [7, 11) is 0. The number of imidazole rings is 1. The second-order valence-electron chi connectivity index (χ2n) is 8.89. The number of rotatable bonds is 4. The summed E-state index contributed by atoms with van der Waals surface area (Å²) in [5, 5.41) is 4.86. The number of nitrogens with one attached hydrogen (secondary N) is 2. The summed E-state index contributed by atoms with van der Waals surface area (Å²) in [5.74, 6) is 0.833. The highest BCUT2D eigenvalue weighted by Crippen LogP contribution is 2.35. The van der Waals surface area contributed by atoms with Crippen molar-refractivity contribution in [1.82, 2.24) is 19.6 Å². The minimum atomic E-state index is -0.608. The number of likely N-dealkylation sites (tertiary alicyclic amines) is 1. The molecule has 2 aromatic heterocycles. The predicted molar refractivity (Wildman–Crippen MR) is 117 cm³/mol. The van der Waals surface area contributed by atoms with E-state index in [2.05, 4.69) is 35.8 Å². The first-order valence-electron chi connectivity index (χ1n) is 10.3. The fourth-order valence-corrected chi connectivity index (χ4v) is 4.81. The van der Waals surface area contributed by atoms with Crippen LogP contribution in [0, 0.1) is 0 Å². The van der Waals surface area contributed by atoms with Crippen LogP contribution in [0.1, 0.15) is 51.6 Å². The molecular formula is C21H27N5O3S. The fraction of sp³-hybridized carbons (Fsp3) is 0.524. The van der Waals surface area contributed by atoms with E-state index in [1.54, 1.807) is 4.90 Å². The van der Waals surface area contributed by atoms with Gasteiger partial charge in [0.15, 0.2) is 0 Å². The average molecular weight is 430 g/mol. The quantitative estimate of drug-likeness (QED) is 0.776. The van der Waals surface area contributed by atoms with Gasteiger partial charge in [-0.3, -0.25) is 24.1 Å². The van der Waals surface area contributed by atoms with E-state index < -0.39 is 5.25 Å². The van der Waals surface area contributed by atoms with Crippen molar-refractivity contribution in [2.24, 2.45) is 0 Å². The zero-order valence-electron chi connectivity index (χ0n) is 17.5.